The molecular weight excluding hydrogens is 156 g/mol. The third-order valence-electron chi connectivity index (χ3n) is 1.51. The Kier molecular flexibility index (Phi) is 3.67. The zero-order valence-electron chi connectivity index (χ0n) is 7.84. The summed E-state index contributed by atoms with van der Waals surface area (Å²) in [5.74, 6) is -1.06. The van der Waals surface area contributed by atoms with Crippen molar-refractivity contribution in [3.63, 3.8) is 0 Å². The predicted molar refractivity (Wildman–Crippen MR) is 45.9 cm³/mol. The fourth-order valence-corrected chi connectivity index (χ4v) is 0.897. The Labute approximate surface area is 72.1 Å². The van der Waals surface area contributed by atoms with E-state index in [2.05, 4.69) is 0 Å². The summed E-state index contributed by atoms with van der Waals surface area (Å²) >= 11 is 0. The number of hydrogen-bond donors (Lipinski definition) is 1. The van der Waals surface area contributed by atoms with Gasteiger partial charge in [0.25, 0.3) is 0 Å². The van der Waals surface area contributed by atoms with Crippen LogP contribution in [-0.4, -0.2) is 16.7 Å². The molecule has 0 fully saturated rings. The number of aliphatic hydroxyl groups is 1. The van der Waals surface area contributed by atoms with Crippen LogP contribution in [-0.2, 0) is 9.59 Å². The largest absolute Gasteiger partial charge is 0.511 e. The Hall–Kier alpha value is -1.12. The molecule has 3 nitrogen and oxygen atoms in total. The van der Waals surface area contributed by atoms with Gasteiger partial charge in [0.2, 0.25) is 0 Å². The molecule has 0 aliphatic heterocycles. The van der Waals surface area contributed by atoms with Crippen LogP contribution >= 0.6 is 0 Å². The highest BCUT2D eigenvalue weighted by Gasteiger charge is 2.17. The van der Waals surface area contributed by atoms with E-state index in [0.29, 0.717) is 0 Å². The Morgan fingerprint density at radius 2 is 1.42 bits per heavy atom. The average molecular weight is 170 g/mol. The molecule has 0 unspecified atom stereocenters. The van der Waals surface area contributed by atoms with Crippen LogP contribution in [0.25, 0.3) is 0 Å². The first-order chi connectivity index (χ1) is 5.37. The van der Waals surface area contributed by atoms with Gasteiger partial charge >= 0.3 is 0 Å². The minimum Gasteiger partial charge on any atom is -0.511 e. The lowest BCUT2D eigenvalue weighted by molar-refractivity contribution is -0.119. The van der Waals surface area contributed by atoms with E-state index >= 15 is 0 Å². The number of carbonyl (C=O) groups excluding carboxylic acids is 2. The third kappa shape index (κ3) is 2.49. The van der Waals surface area contributed by atoms with Crippen LogP contribution in [0, 0.1) is 5.92 Å². The zero-order chi connectivity index (χ0) is 9.89. The topological polar surface area (TPSA) is 54.4 Å². The van der Waals surface area contributed by atoms with E-state index < -0.39 is 0 Å². The van der Waals surface area contributed by atoms with Gasteiger partial charge in [-0.1, -0.05) is 13.8 Å². The number of ketones is 2. The number of Topliss-reactive ketones (excluding diaryl/α,β-unsaturated/α-hetero) is 2. The summed E-state index contributed by atoms with van der Waals surface area (Å²) in [6.07, 6.45) is 0. The standard InChI is InChI=1S/C9H14O3/c1-5(2)9(12)8(6(3)10)7(4)11/h5,12H,1-4H3. The fourth-order valence-electron chi connectivity index (χ4n) is 0.897. The van der Waals surface area contributed by atoms with E-state index in [1.165, 1.54) is 13.8 Å². The van der Waals surface area contributed by atoms with Crippen molar-refractivity contribution in [2.24, 2.45) is 5.92 Å². The molecule has 0 radical (unpaired) electrons. The quantitative estimate of drug-likeness (QED) is 0.303. The second-order valence-corrected chi connectivity index (χ2v) is 3.03. The van der Waals surface area contributed by atoms with Crippen molar-refractivity contribution in [1.29, 1.82) is 0 Å². The summed E-state index contributed by atoms with van der Waals surface area (Å²) in [4.78, 5) is 21.8. The summed E-state index contributed by atoms with van der Waals surface area (Å²) in [5.41, 5.74) is -0.0787. The van der Waals surface area contributed by atoms with Gasteiger partial charge in [0.1, 0.15) is 5.76 Å². The predicted octanol–water partition coefficient (Wildman–Crippen LogP) is 1.63. The molecule has 0 aromatic carbocycles. The van der Waals surface area contributed by atoms with Gasteiger partial charge in [0, 0.05) is 5.92 Å². The summed E-state index contributed by atoms with van der Waals surface area (Å²) in [6, 6.07) is 0. The molecular formula is C9H14O3. The van der Waals surface area contributed by atoms with Gasteiger partial charge in [-0.05, 0) is 13.8 Å². The fraction of sp³-hybridized carbons (Fsp3) is 0.556. The van der Waals surface area contributed by atoms with Crippen molar-refractivity contribution in [1.82, 2.24) is 0 Å². The maximum Gasteiger partial charge on any atom is 0.166 e. The molecule has 0 aromatic rings. The van der Waals surface area contributed by atoms with E-state index in [0.717, 1.165) is 0 Å². The summed E-state index contributed by atoms with van der Waals surface area (Å²) in [5, 5.41) is 9.36. The first-order valence-corrected chi connectivity index (χ1v) is 3.83. The van der Waals surface area contributed by atoms with Crippen molar-refractivity contribution >= 4 is 11.6 Å². The van der Waals surface area contributed by atoms with Crippen LogP contribution < -0.4 is 0 Å². The Morgan fingerprint density at radius 3 is 1.50 bits per heavy atom. The molecule has 0 heterocycles. The molecule has 0 aromatic heterocycles. The van der Waals surface area contributed by atoms with Gasteiger partial charge in [-0.15, -0.1) is 0 Å². The van der Waals surface area contributed by atoms with Gasteiger partial charge in [0.05, 0.1) is 5.57 Å². The third-order valence-corrected chi connectivity index (χ3v) is 1.51. The molecule has 0 saturated heterocycles. The number of hydrogen-bond acceptors (Lipinski definition) is 3. The number of aliphatic hydroxyl groups excluding tert-OH is 1. The minimum absolute atomic E-state index is 0.0787. The van der Waals surface area contributed by atoms with Crippen molar-refractivity contribution in [3.8, 4) is 0 Å². The second-order valence-electron chi connectivity index (χ2n) is 3.03. The molecule has 0 aliphatic rings. The van der Waals surface area contributed by atoms with Crippen LogP contribution in [0.4, 0.5) is 0 Å². The summed E-state index contributed by atoms with van der Waals surface area (Å²) in [6.45, 7) is 5.99. The molecule has 0 amide bonds. The molecule has 3 heteroatoms. The first kappa shape index (κ1) is 10.9. The molecule has 0 atom stereocenters. The summed E-state index contributed by atoms with van der Waals surface area (Å²) in [7, 11) is 0. The van der Waals surface area contributed by atoms with E-state index in [1.807, 2.05) is 0 Å². The summed E-state index contributed by atoms with van der Waals surface area (Å²) < 4.78 is 0. The van der Waals surface area contributed by atoms with E-state index in [9.17, 15) is 14.7 Å². The van der Waals surface area contributed by atoms with E-state index in [4.69, 9.17) is 0 Å². The maximum atomic E-state index is 10.9. The number of rotatable bonds is 3. The lowest BCUT2D eigenvalue weighted by Crippen LogP contribution is -2.12. The smallest absolute Gasteiger partial charge is 0.166 e. The Bertz CT molecular complexity index is 220. The highest BCUT2D eigenvalue weighted by atomic mass is 16.3. The molecule has 1 N–H and O–H groups in total. The number of carbonyl (C=O) groups is 2. The monoisotopic (exact) mass is 170 g/mol. The van der Waals surface area contributed by atoms with Crippen LogP contribution in [0.5, 0.6) is 0 Å². The van der Waals surface area contributed by atoms with Crippen LogP contribution in [0.3, 0.4) is 0 Å². The minimum atomic E-state index is -0.381. The van der Waals surface area contributed by atoms with Crippen molar-refractivity contribution in [2.75, 3.05) is 0 Å². The molecule has 0 spiro atoms. The normalized spacial score (nSPS) is 9.75. The van der Waals surface area contributed by atoms with Gasteiger partial charge in [0.15, 0.2) is 11.6 Å². The molecule has 12 heavy (non-hydrogen) atoms. The van der Waals surface area contributed by atoms with Gasteiger partial charge in [-0.3, -0.25) is 9.59 Å². The second kappa shape index (κ2) is 4.04. The maximum absolute atomic E-state index is 10.9. The van der Waals surface area contributed by atoms with Crippen molar-refractivity contribution in [2.45, 2.75) is 27.7 Å². The lowest BCUT2D eigenvalue weighted by Gasteiger charge is -2.07. The molecule has 68 valence electrons. The average Bonchev–Trinajstić information content (AvgIpc) is 1.85. The Balaban J connectivity index is 5.08. The van der Waals surface area contributed by atoms with Crippen molar-refractivity contribution in [3.05, 3.63) is 11.3 Å². The Morgan fingerprint density at radius 1 is 1.08 bits per heavy atom. The highest BCUT2D eigenvalue weighted by molar-refractivity contribution is 6.18. The van der Waals surface area contributed by atoms with Gasteiger partial charge in [-0.25, -0.2) is 0 Å². The van der Waals surface area contributed by atoms with E-state index in [-0.39, 0.29) is 28.8 Å². The van der Waals surface area contributed by atoms with Gasteiger partial charge < -0.3 is 5.11 Å². The van der Waals surface area contributed by atoms with Crippen LogP contribution in [0.15, 0.2) is 11.3 Å². The number of allylic oxidation sites excluding steroid dienone is 2. The lowest BCUT2D eigenvalue weighted by atomic mass is 10.0. The van der Waals surface area contributed by atoms with E-state index in [1.54, 1.807) is 13.8 Å². The van der Waals surface area contributed by atoms with Gasteiger partial charge in [-0.2, -0.15) is 0 Å². The zero-order valence-corrected chi connectivity index (χ0v) is 7.84. The SMILES string of the molecule is CC(=O)C(C(C)=O)=C(O)C(C)C. The highest BCUT2D eigenvalue weighted by Crippen LogP contribution is 2.13. The molecule has 0 bridgehead atoms. The van der Waals surface area contributed by atoms with Crippen molar-refractivity contribution < 1.29 is 14.7 Å². The molecule has 0 aliphatic carbocycles. The van der Waals surface area contributed by atoms with Crippen LogP contribution in [0.2, 0.25) is 0 Å². The van der Waals surface area contributed by atoms with Crippen LogP contribution in [0.1, 0.15) is 27.7 Å². The molecule has 0 saturated carbocycles. The first-order valence-electron chi connectivity index (χ1n) is 3.83. The molecule has 0 rings (SSSR count).